The number of aliphatic hydroxyl groups is 1. The van der Waals surface area contributed by atoms with Crippen LogP contribution in [0.5, 0.6) is 0 Å². The third kappa shape index (κ3) is 6.41. The van der Waals surface area contributed by atoms with Crippen molar-refractivity contribution in [3.05, 3.63) is 24.2 Å². The Morgan fingerprint density at radius 1 is 1.37 bits per heavy atom. The van der Waals surface area contributed by atoms with Gasteiger partial charge in [-0.3, -0.25) is 0 Å². The summed E-state index contributed by atoms with van der Waals surface area (Å²) in [5.74, 6) is 1.51. The highest BCUT2D eigenvalue weighted by Gasteiger charge is 2.42. The molecule has 3 fully saturated rings. The summed E-state index contributed by atoms with van der Waals surface area (Å²) in [6.07, 6.45) is 8.00. The van der Waals surface area contributed by atoms with E-state index in [1.165, 1.54) is 0 Å². The minimum atomic E-state index is -1.32. The van der Waals surface area contributed by atoms with Crippen LogP contribution in [0.15, 0.2) is 23.5 Å². The normalized spacial score (nSPS) is 26.5. The van der Waals surface area contributed by atoms with E-state index in [4.69, 9.17) is 23.9 Å². The lowest BCUT2D eigenvalue weighted by Gasteiger charge is -2.28. The van der Waals surface area contributed by atoms with Gasteiger partial charge in [-0.25, -0.2) is 19.3 Å². The van der Waals surface area contributed by atoms with Crippen molar-refractivity contribution >= 4 is 23.3 Å². The highest BCUT2D eigenvalue weighted by molar-refractivity contribution is 5.88. The van der Waals surface area contributed by atoms with E-state index in [0.717, 1.165) is 49.2 Å². The number of alkyl carbamates (subject to hydrolysis) is 1. The summed E-state index contributed by atoms with van der Waals surface area (Å²) < 4.78 is 23.3. The van der Waals surface area contributed by atoms with Gasteiger partial charge in [0.1, 0.15) is 24.2 Å². The van der Waals surface area contributed by atoms with Gasteiger partial charge in [-0.15, -0.1) is 0 Å². The highest BCUT2D eigenvalue weighted by Crippen LogP contribution is 2.37. The molecule has 2 aromatic heterocycles. The van der Waals surface area contributed by atoms with E-state index in [1.807, 2.05) is 18.0 Å². The minimum absolute atomic E-state index is 0.0221. The molecule has 38 heavy (non-hydrogen) atoms. The van der Waals surface area contributed by atoms with Gasteiger partial charge in [0.25, 0.3) is 6.48 Å². The third-order valence-electron chi connectivity index (χ3n) is 7.34. The summed E-state index contributed by atoms with van der Waals surface area (Å²) in [5.41, 5.74) is 4.79. The van der Waals surface area contributed by atoms with Crippen LogP contribution in [-0.2, 0) is 25.6 Å². The summed E-state index contributed by atoms with van der Waals surface area (Å²) in [6.45, 7) is 3.32. The van der Waals surface area contributed by atoms with E-state index in [2.05, 4.69) is 20.8 Å². The van der Waals surface area contributed by atoms with Crippen LogP contribution in [-0.4, -0.2) is 81.3 Å². The van der Waals surface area contributed by atoms with Crippen LogP contribution in [0.3, 0.4) is 0 Å². The van der Waals surface area contributed by atoms with Crippen molar-refractivity contribution in [2.45, 2.75) is 83.1 Å². The van der Waals surface area contributed by atoms with Crippen molar-refractivity contribution in [3.8, 4) is 0 Å². The number of aliphatic imine (C=N–C) groups is 1. The maximum Gasteiger partial charge on any atom is 0.407 e. The first-order valence-corrected chi connectivity index (χ1v) is 13.2. The lowest BCUT2D eigenvalue weighted by atomic mass is 9.95. The average molecular weight is 532 g/mol. The molecule has 13 nitrogen and oxygen atoms in total. The van der Waals surface area contributed by atoms with Crippen LogP contribution in [0.2, 0.25) is 0 Å². The Balaban J connectivity index is 1.29. The maximum atomic E-state index is 12.3. The molecule has 0 aromatic carbocycles. The Kier molecular flexibility index (Phi) is 8.09. The molecule has 2 aliphatic carbocycles. The molecule has 2 unspecified atom stereocenters. The van der Waals surface area contributed by atoms with Gasteiger partial charge in [0.2, 0.25) is 0 Å². The fraction of sp³-hybridized carbons (Fsp3) is 0.680. The van der Waals surface area contributed by atoms with Crippen molar-refractivity contribution < 1.29 is 28.8 Å². The van der Waals surface area contributed by atoms with Gasteiger partial charge < -0.3 is 34.8 Å². The van der Waals surface area contributed by atoms with E-state index in [9.17, 15) is 9.90 Å². The first-order chi connectivity index (χ1) is 18.4. The first kappa shape index (κ1) is 26.8. The monoisotopic (exact) mass is 531 g/mol. The molecule has 1 aliphatic heterocycles. The van der Waals surface area contributed by atoms with Gasteiger partial charge in [0, 0.05) is 44.1 Å². The fourth-order valence-electron chi connectivity index (χ4n) is 5.12. The van der Waals surface area contributed by atoms with Gasteiger partial charge in [-0.1, -0.05) is 0 Å². The second kappa shape index (κ2) is 11.5. The molecule has 208 valence electrons. The number of carbonyl (C=O) groups excluding carboxylic acids is 1. The SMILES string of the molecule is CCOC(O)OCN1NC(=Nc2nccn3nc(COC)cc23)CC1[C@H]1CC[C@@H](OC(=O)NC2(C)CC2)C1. The molecule has 0 bridgehead atoms. The Hall–Kier alpha value is -2.84. The molecule has 2 aromatic rings. The quantitative estimate of drug-likeness (QED) is 0.369. The molecular weight excluding hydrogens is 494 g/mol. The number of amides is 1. The van der Waals surface area contributed by atoms with Crippen molar-refractivity contribution in [3.63, 3.8) is 0 Å². The Bertz CT molecular complexity index is 1150. The van der Waals surface area contributed by atoms with Gasteiger partial charge in [-0.05, 0) is 57.9 Å². The molecule has 13 heteroatoms. The number of hydrogen-bond donors (Lipinski definition) is 3. The molecule has 2 saturated carbocycles. The summed E-state index contributed by atoms with van der Waals surface area (Å²) in [6, 6.07) is 1.93. The van der Waals surface area contributed by atoms with Crippen LogP contribution in [0.1, 0.15) is 58.1 Å². The average Bonchev–Trinajstić information content (AvgIpc) is 3.25. The second-order valence-electron chi connectivity index (χ2n) is 10.4. The zero-order valence-corrected chi connectivity index (χ0v) is 22.1. The number of hydrazine groups is 1. The van der Waals surface area contributed by atoms with Gasteiger partial charge >= 0.3 is 6.09 Å². The molecule has 3 aliphatic rings. The standard InChI is InChI=1S/C25H37N7O6/c1-4-36-24(34)37-15-32-19(16-5-6-18(11-16)38-23(33)28-25(2)7-8-25)13-21(30-32)27-22-20-12-17(14-35-3)29-31(20)10-9-26-22/h9-10,12,16,18-19,24,34H,4-8,11,13-15H2,1-3H3,(H,28,33)(H,26,27,30)/t16-,18+,19?,24?/m0/s1. The number of aromatic nitrogens is 3. The molecule has 1 saturated heterocycles. The number of hydrogen-bond acceptors (Lipinski definition) is 10. The van der Waals surface area contributed by atoms with E-state index in [1.54, 1.807) is 30.9 Å². The summed E-state index contributed by atoms with van der Waals surface area (Å²) in [7, 11) is 1.63. The number of aliphatic hydroxyl groups excluding tert-OH is 1. The van der Waals surface area contributed by atoms with Crippen molar-refractivity contribution in [1.82, 2.24) is 30.3 Å². The molecular formula is C25H37N7O6. The Labute approximate surface area is 221 Å². The lowest BCUT2D eigenvalue weighted by molar-refractivity contribution is -0.278. The number of methoxy groups -OCH3 is 1. The number of ether oxygens (including phenoxy) is 4. The smallest absolute Gasteiger partial charge is 0.407 e. The van der Waals surface area contributed by atoms with Crippen LogP contribution < -0.4 is 10.7 Å². The van der Waals surface area contributed by atoms with Gasteiger partial charge in [0.15, 0.2) is 5.82 Å². The second-order valence-corrected chi connectivity index (χ2v) is 10.4. The zero-order chi connectivity index (χ0) is 26.7. The Morgan fingerprint density at radius 3 is 2.97 bits per heavy atom. The maximum absolute atomic E-state index is 12.3. The number of fused-ring (bicyclic) bond motifs is 1. The number of nitrogens with one attached hydrogen (secondary N) is 2. The lowest BCUT2D eigenvalue weighted by Crippen LogP contribution is -2.44. The summed E-state index contributed by atoms with van der Waals surface area (Å²) >= 11 is 0. The third-order valence-corrected chi connectivity index (χ3v) is 7.34. The molecule has 4 atom stereocenters. The minimum Gasteiger partial charge on any atom is -0.446 e. The van der Waals surface area contributed by atoms with Gasteiger partial charge in [-0.2, -0.15) is 10.1 Å². The predicted molar refractivity (Wildman–Crippen MR) is 136 cm³/mol. The molecule has 0 radical (unpaired) electrons. The topological polar surface area (TPSA) is 144 Å². The van der Waals surface area contributed by atoms with Crippen LogP contribution >= 0.6 is 0 Å². The van der Waals surface area contributed by atoms with Crippen LogP contribution in [0, 0.1) is 5.92 Å². The highest BCUT2D eigenvalue weighted by atomic mass is 16.8. The molecule has 0 spiro atoms. The predicted octanol–water partition coefficient (Wildman–Crippen LogP) is 2.22. The van der Waals surface area contributed by atoms with E-state index in [0.29, 0.717) is 25.5 Å². The molecule has 3 N–H and O–H groups in total. The zero-order valence-electron chi connectivity index (χ0n) is 22.1. The van der Waals surface area contributed by atoms with Gasteiger partial charge in [0.05, 0.1) is 12.3 Å². The number of nitrogens with zero attached hydrogens (tertiary/aromatic N) is 5. The summed E-state index contributed by atoms with van der Waals surface area (Å²) in [5, 5.41) is 19.3. The molecule has 5 rings (SSSR count). The van der Waals surface area contributed by atoms with Crippen molar-refractivity contribution in [2.75, 3.05) is 20.4 Å². The largest absolute Gasteiger partial charge is 0.446 e. The van der Waals surface area contributed by atoms with Crippen LogP contribution in [0.4, 0.5) is 10.6 Å². The molecule has 1 amide bonds. The Morgan fingerprint density at radius 2 is 2.21 bits per heavy atom. The first-order valence-electron chi connectivity index (χ1n) is 13.2. The fourth-order valence-corrected chi connectivity index (χ4v) is 5.12. The van der Waals surface area contributed by atoms with Crippen molar-refractivity contribution in [1.29, 1.82) is 0 Å². The number of amidine groups is 1. The van der Waals surface area contributed by atoms with Crippen molar-refractivity contribution in [2.24, 2.45) is 10.9 Å². The molecule has 3 heterocycles. The number of carbonyl (C=O) groups is 1. The van der Waals surface area contributed by atoms with Crippen LogP contribution in [0.25, 0.3) is 5.52 Å². The summed E-state index contributed by atoms with van der Waals surface area (Å²) in [4.78, 5) is 21.6. The van der Waals surface area contributed by atoms with E-state index < -0.39 is 6.48 Å². The number of rotatable bonds is 11. The van der Waals surface area contributed by atoms with E-state index >= 15 is 0 Å². The van der Waals surface area contributed by atoms with E-state index in [-0.39, 0.29) is 36.4 Å².